The first kappa shape index (κ1) is 40.6. The van der Waals surface area contributed by atoms with E-state index < -0.39 is 8.07 Å². The zero-order valence-corrected chi connectivity index (χ0v) is 34.2. The average molecular weight is 723 g/mol. The van der Waals surface area contributed by atoms with E-state index in [2.05, 4.69) is 168 Å². The van der Waals surface area contributed by atoms with Crippen molar-refractivity contribution in [1.29, 1.82) is 0 Å². The van der Waals surface area contributed by atoms with Gasteiger partial charge in [-0.2, -0.15) is 6.08 Å². The second-order valence-electron chi connectivity index (χ2n) is 15.1. The van der Waals surface area contributed by atoms with Gasteiger partial charge in [0.1, 0.15) is 0 Å². The fourth-order valence-electron chi connectivity index (χ4n) is 5.38. The average Bonchev–Trinajstić information content (AvgIpc) is 3.42. The molecule has 5 rings (SSSR count). The third-order valence-electron chi connectivity index (χ3n) is 8.00. The molecule has 0 fully saturated rings. The summed E-state index contributed by atoms with van der Waals surface area (Å²) in [5.41, 5.74) is 7.31. The summed E-state index contributed by atoms with van der Waals surface area (Å²) in [5, 5.41) is 7.09. The third-order valence-corrected chi connectivity index (χ3v) is 10.9. The van der Waals surface area contributed by atoms with Crippen molar-refractivity contribution in [2.24, 2.45) is 5.92 Å². The summed E-state index contributed by atoms with van der Waals surface area (Å²) in [4.78, 5) is 0. The molecule has 1 aliphatic carbocycles. The van der Waals surface area contributed by atoms with Crippen molar-refractivity contribution in [3.05, 3.63) is 112 Å². The molecule has 4 aromatic rings. The number of hydrogen-bond donors (Lipinski definition) is 0. The molecule has 0 amide bonds. The molecule has 0 N–H and O–H groups in total. The van der Waals surface area contributed by atoms with Crippen molar-refractivity contribution in [2.75, 3.05) is 0 Å². The molecular weight excluding hydrogens is 671 g/mol. The molecule has 0 bridgehead atoms. The van der Waals surface area contributed by atoms with E-state index >= 15 is 0 Å². The number of rotatable bonds is 2. The first-order valence-corrected chi connectivity index (χ1v) is 20.1. The Morgan fingerprint density at radius 3 is 1.48 bits per heavy atom. The van der Waals surface area contributed by atoms with Crippen molar-refractivity contribution in [3.63, 3.8) is 0 Å². The minimum Gasteiger partial charge on any atom is -1.00 e. The Morgan fingerprint density at radius 1 is 0.750 bits per heavy atom. The molecule has 1 unspecified atom stereocenters. The smallest absolute Gasteiger partial charge is 1.00 e. The van der Waals surface area contributed by atoms with Crippen molar-refractivity contribution in [1.82, 2.24) is 0 Å². The normalized spacial score (nSPS) is 14.8. The van der Waals surface area contributed by atoms with Gasteiger partial charge in [0.25, 0.3) is 0 Å². The van der Waals surface area contributed by atoms with E-state index in [0.717, 1.165) is 0 Å². The molecule has 0 saturated heterocycles. The van der Waals surface area contributed by atoms with Crippen LogP contribution in [0.25, 0.3) is 21.5 Å². The van der Waals surface area contributed by atoms with Crippen molar-refractivity contribution in [3.8, 4) is 0 Å². The Morgan fingerprint density at radius 2 is 1.18 bits per heavy atom. The Kier molecular flexibility index (Phi) is 14.7. The summed E-state index contributed by atoms with van der Waals surface area (Å²) in [6.45, 7) is 29.5. The Hall–Kier alpha value is -1.44. The number of aryl methyl sites for hydroxylation is 1. The number of benzene rings is 3. The van der Waals surface area contributed by atoms with Gasteiger partial charge in [0.05, 0.1) is 0 Å². The summed E-state index contributed by atoms with van der Waals surface area (Å²) in [6.07, 6.45) is 5.81. The number of hydrogen-bond acceptors (Lipinski definition) is 0. The first-order valence-electron chi connectivity index (χ1n) is 15.4. The summed E-state index contributed by atoms with van der Waals surface area (Å²) in [6, 6.07) is 24.8. The summed E-state index contributed by atoms with van der Waals surface area (Å²) >= 11 is 1.51. The van der Waals surface area contributed by atoms with E-state index in [-0.39, 0.29) is 35.6 Å². The molecule has 0 aromatic heterocycles. The molecule has 4 heteroatoms. The standard InChI is InChI=1S/C21H25.C10H17Si.C9H10.2ClH.Zr/c1-20(2,3)16-9-7-14-11-15-8-10-17(21(4,5)6)13-19(15)18(14)12-16;1-8-6-9(2)10(7-8)11(3,4)5;1-3-9-6-4-8(2)5-7-9;;;/h7-13H,1-6H3;7-8H,1-5H3;4-7H,1-2H3;2*1H;/q2*-1;;;;+2/p-2. The summed E-state index contributed by atoms with van der Waals surface area (Å²) in [7, 11) is -1.07. The van der Waals surface area contributed by atoms with Crippen LogP contribution in [0.2, 0.25) is 19.6 Å². The predicted octanol–water partition coefficient (Wildman–Crippen LogP) is 5.59. The maximum Gasteiger partial charge on any atom is -1.00 e. The van der Waals surface area contributed by atoms with Gasteiger partial charge in [-0.25, -0.2) is 10.8 Å². The van der Waals surface area contributed by atoms with Gasteiger partial charge in [-0.05, 0) is 18.9 Å². The van der Waals surface area contributed by atoms with Gasteiger partial charge in [-0.1, -0.05) is 116 Å². The summed E-state index contributed by atoms with van der Waals surface area (Å²) < 4.78 is 1.46. The SMILES string of the molecule is CC(C)(C)c1ccc2[cH-]c3ccc(C(C)(C)C)cc3c2c1.CC1=[C-]C(C)C=C1[Si](C)(C)C.C[C](=[Zr+2])c1ccc(C)cc1.[Cl-].[Cl-]. The van der Waals surface area contributed by atoms with Gasteiger partial charge in [0.15, 0.2) is 0 Å². The second kappa shape index (κ2) is 15.9. The molecule has 1 atom stereocenters. The minimum absolute atomic E-state index is 0. The molecule has 0 heterocycles. The van der Waals surface area contributed by atoms with E-state index in [1.165, 1.54) is 76.8 Å². The van der Waals surface area contributed by atoms with E-state index in [1.54, 1.807) is 5.20 Å². The number of fused-ring (bicyclic) bond motifs is 3. The van der Waals surface area contributed by atoms with Crippen LogP contribution in [0.15, 0.2) is 83.6 Å². The van der Waals surface area contributed by atoms with E-state index in [9.17, 15) is 0 Å². The summed E-state index contributed by atoms with van der Waals surface area (Å²) in [5.74, 6) is 0.553. The van der Waals surface area contributed by atoms with E-state index in [4.69, 9.17) is 0 Å². The van der Waals surface area contributed by atoms with Crippen molar-refractivity contribution in [2.45, 2.75) is 99.7 Å². The van der Waals surface area contributed by atoms with Crippen LogP contribution in [0.4, 0.5) is 0 Å². The van der Waals surface area contributed by atoms with Gasteiger partial charge in [-0.3, -0.25) is 6.08 Å². The zero-order chi connectivity index (χ0) is 31.6. The van der Waals surface area contributed by atoms with Crippen LogP contribution >= 0.6 is 0 Å². The Bertz CT molecular complexity index is 1550. The molecule has 236 valence electrons. The molecular formula is C40H52Cl2SiZr-2. The maximum atomic E-state index is 3.43. The van der Waals surface area contributed by atoms with Gasteiger partial charge >= 0.3 is 76.7 Å². The quantitative estimate of drug-likeness (QED) is 0.187. The van der Waals surface area contributed by atoms with Gasteiger partial charge < -0.3 is 24.8 Å². The van der Waals surface area contributed by atoms with Gasteiger partial charge in [0, 0.05) is 0 Å². The monoisotopic (exact) mass is 720 g/mol. The van der Waals surface area contributed by atoms with Crippen LogP contribution in [0.3, 0.4) is 0 Å². The van der Waals surface area contributed by atoms with E-state index in [1.807, 2.05) is 0 Å². The van der Waals surface area contributed by atoms with Crippen LogP contribution in [-0.2, 0) is 35.1 Å². The second-order valence-corrected chi connectivity index (χ2v) is 22.0. The van der Waals surface area contributed by atoms with E-state index in [0.29, 0.717) is 5.92 Å². The topological polar surface area (TPSA) is 0 Å². The number of halogens is 2. The van der Waals surface area contributed by atoms with Crippen LogP contribution in [0.1, 0.15) is 84.6 Å². The molecule has 0 radical (unpaired) electrons. The van der Waals surface area contributed by atoms with Crippen LogP contribution in [-0.4, -0.2) is 11.3 Å². The molecule has 44 heavy (non-hydrogen) atoms. The Balaban J connectivity index is 0.000000358. The van der Waals surface area contributed by atoms with Gasteiger partial charge in [-0.15, -0.1) is 39.7 Å². The first-order chi connectivity index (χ1) is 19.3. The fourth-order valence-corrected chi connectivity index (χ4v) is 7.74. The molecule has 0 nitrogen and oxygen atoms in total. The largest absolute Gasteiger partial charge is 1.00 e. The van der Waals surface area contributed by atoms with Crippen LogP contribution in [0, 0.1) is 18.9 Å². The van der Waals surface area contributed by atoms with Crippen molar-refractivity contribution < 1.29 is 49.0 Å². The number of allylic oxidation sites excluding steroid dienone is 4. The minimum atomic E-state index is -1.07. The maximum absolute atomic E-state index is 3.43. The molecule has 4 aromatic carbocycles. The van der Waals surface area contributed by atoms with Crippen LogP contribution in [0.5, 0.6) is 0 Å². The Labute approximate surface area is 297 Å². The third kappa shape index (κ3) is 10.8. The fraction of sp³-hybridized carbons (Fsp3) is 0.400. The molecule has 0 aliphatic heterocycles. The zero-order valence-electron chi connectivity index (χ0n) is 29.3. The van der Waals surface area contributed by atoms with Crippen molar-refractivity contribution >= 4 is 32.8 Å². The van der Waals surface area contributed by atoms with Crippen LogP contribution < -0.4 is 24.8 Å². The molecule has 1 aliphatic rings. The molecule has 0 spiro atoms. The molecule has 0 saturated carbocycles. The predicted molar refractivity (Wildman–Crippen MR) is 188 cm³/mol. The van der Waals surface area contributed by atoms with Gasteiger partial charge in [0.2, 0.25) is 0 Å².